The van der Waals surface area contributed by atoms with E-state index < -0.39 is 48.9 Å². The fraction of sp³-hybridized carbons (Fsp3) is 0. The zero-order chi connectivity index (χ0) is 14.2. The molecule has 0 heterocycles. The largest absolute Gasteiger partial charge is 0.387 e. The SMILES string of the molecule is Nc1c([N+](=O)[O-])c(N)c([N+](=O)[O-])c(N)c1[N+](=O)[O-].[Ba]. The van der Waals surface area contributed by atoms with Crippen molar-refractivity contribution in [2.24, 2.45) is 0 Å². The van der Waals surface area contributed by atoms with Crippen molar-refractivity contribution in [2.75, 3.05) is 17.2 Å². The Balaban J connectivity index is 0.00000324. The zero-order valence-corrected chi connectivity index (χ0v) is 13.7. The van der Waals surface area contributed by atoms with E-state index in [1.54, 1.807) is 0 Å². The van der Waals surface area contributed by atoms with Crippen LogP contribution in [-0.4, -0.2) is 63.7 Å². The standard InChI is InChI=1S/C6H6N6O6.Ba/c7-1-4(10(13)14)2(8)6(12(17)18)3(9)5(1)11(15)16;/h7-9H2;. The molecule has 0 fully saturated rings. The Bertz CT molecular complexity index is 486. The summed E-state index contributed by atoms with van der Waals surface area (Å²) in [5, 5.41) is 32.0. The molecule has 0 saturated carbocycles. The zero-order valence-electron chi connectivity index (χ0n) is 9.23. The molecule has 98 valence electrons. The van der Waals surface area contributed by atoms with Crippen LogP contribution in [0.1, 0.15) is 0 Å². The fourth-order valence-electron chi connectivity index (χ4n) is 1.36. The molecule has 0 aliphatic rings. The van der Waals surface area contributed by atoms with Gasteiger partial charge >= 0.3 is 17.1 Å². The summed E-state index contributed by atoms with van der Waals surface area (Å²) in [6.45, 7) is 0. The van der Waals surface area contributed by atoms with Crippen LogP contribution in [0.2, 0.25) is 0 Å². The van der Waals surface area contributed by atoms with Gasteiger partial charge in [-0.15, -0.1) is 0 Å². The van der Waals surface area contributed by atoms with E-state index >= 15 is 0 Å². The Morgan fingerprint density at radius 1 is 0.632 bits per heavy atom. The van der Waals surface area contributed by atoms with Crippen molar-refractivity contribution < 1.29 is 14.8 Å². The van der Waals surface area contributed by atoms with Gasteiger partial charge in [-0.1, -0.05) is 0 Å². The fourth-order valence-corrected chi connectivity index (χ4v) is 1.36. The smallest absolute Gasteiger partial charge is 0.329 e. The van der Waals surface area contributed by atoms with Crippen LogP contribution in [0.25, 0.3) is 0 Å². The normalized spacial score (nSPS) is 9.47. The third kappa shape index (κ3) is 2.87. The summed E-state index contributed by atoms with van der Waals surface area (Å²) in [5.41, 5.74) is 9.47. The summed E-state index contributed by atoms with van der Waals surface area (Å²) >= 11 is 0. The second kappa shape index (κ2) is 6.02. The average molecular weight is 395 g/mol. The summed E-state index contributed by atoms with van der Waals surface area (Å²) in [6, 6.07) is 0. The molecule has 1 rings (SSSR count). The van der Waals surface area contributed by atoms with Crippen molar-refractivity contribution in [3.63, 3.8) is 0 Å². The van der Waals surface area contributed by atoms with E-state index in [0.29, 0.717) is 0 Å². The maximum absolute atomic E-state index is 10.7. The summed E-state index contributed by atoms with van der Waals surface area (Å²) in [7, 11) is 0. The van der Waals surface area contributed by atoms with E-state index in [1.165, 1.54) is 0 Å². The molecular formula is C6H6BaN6O6. The summed E-state index contributed by atoms with van der Waals surface area (Å²) < 4.78 is 0. The molecule has 2 radical (unpaired) electrons. The number of benzene rings is 1. The topological polar surface area (TPSA) is 207 Å². The minimum atomic E-state index is -1.15. The van der Waals surface area contributed by atoms with Crippen LogP contribution in [0.15, 0.2) is 0 Å². The van der Waals surface area contributed by atoms with Crippen LogP contribution in [0.3, 0.4) is 0 Å². The molecule has 0 aromatic heterocycles. The number of anilines is 3. The van der Waals surface area contributed by atoms with E-state index in [9.17, 15) is 30.3 Å². The molecule has 19 heavy (non-hydrogen) atoms. The first-order valence-electron chi connectivity index (χ1n) is 4.13. The van der Waals surface area contributed by atoms with Gasteiger partial charge in [-0.2, -0.15) is 0 Å². The first kappa shape index (κ1) is 17.4. The van der Waals surface area contributed by atoms with Crippen LogP contribution in [0.4, 0.5) is 34.1 Å². The predicted octanol–water partition coefficient (Wildman–Crippen LogP) is -0.223. The first-order chi connectivity index (χ1) is 8.20. The number of nitrogen functional groups attached to an aromatic ring is 3. The molecule has 0 aliphatic heterocycles. The van der Waals surface area contributed by atoms with Crippen molar-refractivity contribution in [2.45, 2.75) is 0 Å². The van der Waals surface area contributed by atoms with Crippen LogP contribution >= 0.6 is 0 Å². The molecule has 0 bridgehead atoms. The number of nitrogens with zero attached hydrogens (tertiary/aromatic N) is 3. The van der Waals surface area contributed by atoms with Gasteiger partial charge in [0.15, 0.2) is 17.1 Å². The number of nitro benzene ring substituents is 3. The maximum Gasteiger partial charge on any atom is 0.329 e. The van der Waals surface area contributed by atoms with Gasteiger partial charge in [0, 0.05) is 48.9 Å². The molecule has 0 aliphatic carbocycles. The van der Waals surface area contributed by atoms with Gasteiger partial charge in [-0.05, 0) is 0 Å². The van der Waals surface area contributed by atoms with E-state index in [-0.39, 0.29) is 48.9 Å². The summed E-state index contributed by atoms with van der Waals surface area (Å²) in [4.78, 5) is 28.5. The second-order valence-corrected chi connectivity index (χ2v) is 3.06. The quantitative estimate of drug-likeness (QED) is 0.267. The molecular weight excluding hydrogens is 389 g/mol. The number of nitrogens with two attached hydrogens (primary N) is 3. The van der Waals surface area contributed by atoms with Gasteiger partial charge in [0.1, 0.15) is 0 Å². The monoisotopic (exact) mass is 396 g/mol. The van der Waals surface area contributed by atoms with Gasteiger partial charge in [0.05, 0.1) is 14.8 Å². The Kier molecular flexibility index (Phi) is 5.51. The maximum atomic E-state index is 10.7. The van der Waals surface area contributed by atoms with Crippen molar-refractivity contribution in [3.05, 3.63) is 30.3 Å². The Labute approximate surface area is 144 Å². The molecule has 1 aromatic rings. The Morgan fingerprint density at radius 2 is 0.789 bits per heavy atom. The minimum Gasteiger partial charge on any atom is -0.387 e. The van der Waals surface area contributed by atoms with Crippen LogP contribution in [-0.2, 0) is 0 Å². The molecule has 0 atom stereocenters. The van der Waals surface area contributed by atoms with E-state index in [4.69, 9.17) is 17.2 Å². The van der Waals surface area contributed by atoms with Gasteiger partial charge in [0.2, 0.25) is 0 Å². The van der Waals surface area contributed by atoms with Crippen molar-refractivity contribution >= 4 is 83.0 Å². The van der Waals surface area contributed by atoms with Crippen molar-refractivity contribution in [3.8, 4) is 0 Å². The van der Waals surface area contributed by atoms with Crippen molar-refractivity contribution in [1.29, 1.82) is 0 Å². The van der Waals surface area contributed by atoms with E-state index in [2.05, 4.69) is 0 Å². The van der Waals surface area contributed by atoms with E-state index in [1.807, 2.05) is 0 Å². The third-order valence-corrected chi connectivity index (χ3v) is 2.08. The molecule has 0 spiro atoms. The van der Waals surface area contributed by atoms with Crippen LogP contribution in [0.5, 0.6) is 0 Å². The second-order valence-electron chi connectivity index (χ2n) is 3.06. The van der Waals surface area contributed by atoms with Gasteiger partial charge in [-0.3, -0.25) is 30.3 Å². The summed E-state index contributed by atoms with van der Waals surface area (Å²) in [5.74, 6) is 0. The third-order valence-electron chi connectivity index (χ3n) is 2.08. The van der Waals surface area contributed by atoms with E-state index in [0.717, 1.165) is 0 Å². The molecule has 0 amide bonds. The first-order valence-corrected chi connectivity index (χ1v) is 4.13. The minimum absolute atomic E-state index is 0. The predicted molar refractivity (Wildman–Crippen MR) is 65.4 cm³/mol. The number of hydrogen-bond donors (Lipinski definition) is 3. The molecule has 0 saturated heterocycles. The molecule has 6 N–H and O–H groups in total. The van der Waals surface area contributed by atoms with Gasteiger partial charge in [0.25, 0.3) is 0 Å². The number of hydrogen-bond acceptors (Lipinski definition) is 9. The van der Waals surface area contributed by atoms with Gasteiger partial charge in [-0.25, -0.2) is 0 Å². The summed E-state index contributed by atoms with van der Waals surface area (Å²) in [6.07, 6.45) is 0. The molecule has 13 heteroatoms. The Hall–Kier alpha value is -1.61. The Morgan fingerprint density at radius 3 is 0.895 bits per heavy atom. The van der Waals surface area contributed by atoms with Crippen LogP contribution in [0, 0.1) is 30.3 Å². The molecule has 12 nitrogen and oxygen atoms in total. The molecule has 0 unspecified atom stereocenters. The van der Waals surface area contributed by atoms with Crippen LogP contribution < -0.4 is 17.2 Å². The number of rotatable bonds is 3. The average Bonchev–Trinajstić information content (AvgIpc) is 2.14. The van der Waals surface area contributed by atoms with Crippen molar-refractivity contribution in [1.82, 2.24) is 0 Å². The van der Waals surface area contributed by atoms with Gasteiger partial charge < -0.3 is 17.2 Å². The number of nitro groups is 3. The molecule has 1 aromatic carbocycles.